The molecule has 4 nitrogen and oxygen atoms in total. The van der Waals surface area contributed by atoms with E-state index in [-0.39, 0.29) is 0 Å². The van der Waals surface area contributed by atoms with Gasteiger partial charge in [0.15, 0.2) is 0 Å². The highest BCUT2D eigenvalue weighted by Crippen LogP contribution is 2.12. The summed E-state index contributed by atoms with van der Waals surface area (Å²) in [7, 11) is 0. The number of nitrogens with one attached hydrogen (secondary N) is 1. The first kappa shape index (κ1) is 11.8. The summed E-state index contributed by atoms with van der Waals surface area (Å²) in [5.74, 6) is 1.31. The lowest BCUT2D eigenvalue weighted by atomic mass is 10.1. The van der Waals surface area contributed by atoms with E-state index < -0.39 is 5.60 Å². The molecule has 0 unspecified atom stereocenters. The van der Waals surface area contributed by atoms with Crippen molar-refractivity contribution in [2.24, 2.45) is 0 Å². The third-order valence-corrected chi connectivity index (χ3v) is 1.72. The number of hydrogen-bond donors (Lipinski definition) is 2. The van der Waals surface area contributed by atoms with E-state index in [1.807, 2.05) is 19.1 Å². The summed E-state index contributed by atoms with van der Waals surface area (Å²) >= 11 is 0. The number of pyridine rings is 1. The summed E-state index contributed by atoms with van der Waals surface area (Å²) in [5.41, 5.74) is -0.747. The van der Waals surface area contributed by atoms with Crippen molar-refractivity contribution in [3.05, 3.63) is 18.2 Å². The average Bonchev–Trinajstić information content (AvgIpc) is 2.15. The van der Waals surface area contributed by atoms with Gasteiger partial charge in [-0.05, 0) is 26.8 Å². The normalized spacial score (nSPS) is 11.2. The van der Waals surface area contributed by atoms with Gasteiger partial charge < -0.3 is 15.2 Å². The maximum absolute atomic E-state index is 9.53. The Hall–Kier alpha value is -1.29. The van der Waals surface area contributed by atoms with E-state index in [4.69, 9.17) is 4.74 Å². The second kappa shape index (κ2) is 4.98. The summed E-state index contributed by atoms with van der Waals surface area (Å²) < 4.78 is 5.26. The van der Waals surface area contributed by atoms with E-state index in [2.05, 4.69) is 10.3 Å². The molecule has 1 heterocycles. The molecule has 0 spiro atoms. The van der Waals surface area contributed by atoms with Gasteiger partial charge >= 0.3 is 0 Å². The number of hydrogen-bond acceptors (Lipinski definition) is 4. The fourth-order valence-electron chi connectivity index (χ4n) is 1.05. The molecule has 1 aromatic heterocycles. The number of aliphatic hydroxyl groups is 1. The molecule has 0 radical (unpaired) electrons. The summed E-state index contributed by atoms with van der Waals surface area (Å²) in [5, 5.41) is 12.6. The van der Waals surface area contributed by atoms with Crippen LogP contribution in [0.25, 0.3) is 0 Å². The molecule has 0 aliphatic carbocycles. The van der Waals surface area contributed by atoms with Gasteiger partial charge in [-0.25, -0.2) is 0 Å². The van der Waals surface area contributed by atoms with Crippen LogP contribution in [0.1, 0.15) is 20.8 Å². The standard InChI is InChI=1S/C11H18N2O2/c1-4-15-10-7-5-6-9(13-10)12-8-11(2,3)14/h5-7,14H,4,8H2,1-3H3,(H,12,13). The van der Waals surface area contributed by atoms with Gasteiger partial charge in [-0.15, -0.1) is 0 Å². The van der Waals surface area contributed by atoms with Crippen molar-refractivity contribution < 1.29 is 9.84 Å². The van der Waals surface area contributed by atoms with Gasteiger partial charge in [0, 0.05) is 12.6 Å². The van der Waals surface area contributed by atoms with E-state index in [0.29, 0.717) is 24.8 Å². The average molecular weight is 210 g/mol. The summed E-state index contributed by atoms with van der Waals surface area (Å²) in [6, 6.07) is 5.51. The molecule has 0 saturated carbocycles. The molecule has 0 atom stereocenters. The lowest BCUT2D eigenvalue weighted by Gasteiger charge is -2.18. The molecular formula is C11H18N2O2. The monoisotopic (exact) mass is 210 g/mol. The summed E-state index contributed by atoms with van der Waals surface area (Å²) in [4.78, 5) is 4.22. The Morgan fingerprint density at radius 1 is 1.47 bits per heavy atom. The van der Waals surface area contributed by atoms with Gasteiger partial charge in [-0.3, -0.25) is 0 Å². The van der Waals surface area contributed by atoms with Gasteiger partial charge in [-0.1, -0.05) is 6.07 Å². The predicted molar refractivity (Wildman–Crippen MR) is 60.2 cm³/mol. The fraction of sp³-hybridized carbons (Fsp3) is 0.545. The molecule has 2 N–H and O–H groups in total. The zero-order valence-corrected chi connectivity index (χ0v) is 9.45. The molecule has 0 bridgehead atoms. The van der Waals surface area contributed by atoms with Crippen molar-refractivity contribution >= 4 is 5.82 Å². The van der Waals surface area contributed by atoms with Gasteiger partial charge in [0.2, 0.25) is 5.88 Å². The third-order valence-electron chi connectivity index (χ3n) is 1.72. The number of aromatic nitrogens is 1. The molecular weight excluding hydrogens is 192 g/mol. The number of rotatable bonds is 5. The predicted octanol–water partition coefficient (Wildman–Crippen LogP) is 1.66. The van der Waals surface area contributed by atoms with Crippen LogP contribution in [-0.4, -0.2) is 28.8 Å². The highest BCUT2D eigenvalue weighted by Gasteiger charge is 2.11. The quantitative estimate of drug-likeness (QED) is 0.776. The number of anilines is 1. The third kappa shape index (κ3) is 4.65. The first-order valence-electron chi connectivity index (χ1n) is 5.07. The van der Waals surface area contributed by atoms with Crippen LogP contribution < -0.4 is 10.1 Å². The molecule has 15 heavy (non-hydrogen) atoms. The molecule has 0 saturated heterocycles. The number of nitrogens with zero attached hydrogens (tertiary/aromatic N) is 1. The lowest BCUT2D eigenvalue weighted by Crippen LogP contribution is -2.29. The molecule has 84 valence electrons. The van der Waals surface area contributed by atoms with Crippen molar-refractivity contribution in [2.45, 2.75) is 26.4 Å². The van der Waals surface area contributed by atoms with Gasteiger partial charge in [0.25, 0.3) is 0 Å². The zero-order valence-electron chi connectivity index (χ0n) is 9.45. The summed E-state index contributed by atoms with van der Waals surface area (Å²) in [6.45, 7) is 6.45. The molecule has 0 amide bonds. The Morgan fingerprint density at radius 3 is 2.80 bits per heavy atom. The Balaban J connectivity index is 2.57. The van der Waals surface area contributed by atoms with E-state index in [0.717, 1.165) is 0 Å². The van der Waals surface area contributed by atoms with Crippen molar-refractivity contribution in [2.75, 3.05) is 18.5 Å². The first-order valence-corrected chi connectivity index (χ1v) is 5.07. The molecule has 4 heteroatoms. The van der Waals surface area contributed by atoms with Crippen molar-refractivity contribution in [3.63, 3.8) is 0 Å². The Morgan fingerprint density at radius 2 is 2.20 bits per heavy atom. The van der Waals surface area contributed by atoms with E-state index >= 15 is 0 Å². The van der Waals surface area contributed by atoms with Gasteiger partial charge in [-0.2, -0.15) is 4.98 Å². The van der Waals surface area contributed by atoms with Crippen LogP contribution in [0.5, 0.6) is 5.88 Å². The Labute approximate surface area is 90.3 Å². The molecule has 1 rings (SSSR count). The molecule has 0 aliphatic rings. The fourth-order valence-corrected chi connectivity index (χ4v) is 1.05. The van der Waals surface area contributed by atoms with Crippen LogP contribution in [0.2, 0.25) is 0 Å². The van der Waals surface area contributed by atoms with Crippen LogP contribution in [0.15, 0.2) is 18.2 Å². The first-order chi connectivity index (χ1) is 7.01. The van der Waals surface area contributed by atoms with E-state index in [9.17, 15) is 5.11 Å². The minimum atomic E-state index is -0.747. The van der Waals surface area contributed by atoms with Crippen LogP contribution in [0, 0.1) is 0 Å². The summed E-state index contributed by atoms with van der Waals surface area (Å²) in [6.07, 6.45) is 0. The van der Waals surface area contributed by atoms with Crippen molar-refractivity contribution in [3.8, 4) is 5.88 Å². The highest BCUT2D eigenvalue weighted by molar-refractivity contribution is 5.37. The number of ether oxygens (including phenoxy) is 1. The Kier molecular flexibility index (Phi) is 3.91. The largest absolute Gasteiger partial charge is 0.478 e. The van der Waals surface area contributed by atoms with Crippen molar-refractivity contribution in [1.29, 1.82) is 0 Å². The molecule has 0 fully saturated rings. The zero-order chi connectivity index (χ0) is 11.3. The van der Waals surface area contributed by atoms with Crippen molar-refractivity contribution in [1.82, 2.24) is 4.98 Å². The minimum Gasteiger partial charge on any atom is -0.478 e. The second-order valence-corrected chi connectivity index (χ2v) is 3.96. The maximum Gasteiger partial charge on any atom is 0.215 e. The molecule has 1 aromatic rings. The molecule has 0 aliphatic heterocycles. The topological polar surface area (TPSA) is 54.4 Å². The van der Waals surface area contributed by atoms with Crippen LogP contribution in [-0.2, 0) is 0 Å². The second-order valence-electron chi connectivity index (χ2n) is 3.96. The lowest BCUT2D eigenvalue weighted by molar-refractivity contribution is 0.0944. The van der Waals surface area contributed by atoms with Gasteiger partial charge in [0.05, 0.1) is 12.2 Å². The van der Waals surface area contributed by atoms with E-state index in [1.165, 1.54) is 0 Å². The van der Waals surface area contributed by atoms with Crippen LogP contribution in [0.4, 0.5) is 5.82 Å². The maximum atomic E-state index is 9.53. The Bertz CT molecular complexity index is 308. The van der Waals surface area contributed by atoms with Gasteiger partial charge in [0.1, 0.15) is 5.82 Å². The molecule has 0 aromatic carbocycles. The highest BCUT2D eigenvalue weighted by atomic mass is 16.5. The smallest absolute Gasteiger partial charge is 0.215 e. The van der Waals surface area contributed by atoms with Crippen LogP contribution >= 0.6 is 0 Å². The van der Waals surface area contributed by atoms with Crippen LogP contribution in [0.3, 0.4) is 0 Å². The SMILES string of the molecule is CCOc1cccc(NCC(C)(C)O)n1. The minimum absolute atomic E-state index is 0.454. The van der Waals surface area contributed by atoms with E-state index in [1.54, 1.807) is 19.9 Å².